The molecule has 5 nitrogen and oxygen atoms in total. The van der Waals surface area contributed by atoms with E-state index in [-0.39, 0.29) is 36.8 Å². The molecule has 2 atom stereocenters. The summed E-state index contributed by atoms with van der Waals surface area (Å²) < 4.78 is 4.94. The van der Waals surface area contributed by atoms with Gasteiger partial charge in [-0.2, -0.15) is 0 Å². The molecule has 2 unspecified atom stereocenters. The van der Waals surface area contributed by atoms with Crippen LogP contribution in [0.2, 0.25) is 0 Å². The zero-order valence-corrected chi connectivity index (χ0v) is 9.68. The Labute approximate surface area is 99.4 Å². The lowest BCUT2D eigenvalue weighted by Crippen LogP contribution is -2.51. The topological polar surface area (TPSA) is 66.8 Å². The number of esters is 1. The zero-order valence-electron chi connectivity index (χ0n) is 9.68. The Kier molecular flexibility index (Phi) is 3.02. The van der Waals surface area contributed by atoms with Gasteiger partial charge < -0.3 is 14.7 Å². The van der Waals surface area contributed by atoms with Crippen LogP contribution < -0.4 is 0 Å². The molecule has 1 N–H and O–H groups in total. The van der Waals surface area contributed by atoms with Crippen LogP contribution in [-0.2, 0) is 14.3 Å². The Balaban J connectivity index is 2.26. The highest BCUT2D eigenvalue weighted by atomic mass is 16.5. The normalized spacial score (nSPS) is 26.7. The van der Waals surface area contributed by atoms with E-state index < -0.39 is 5.97 Å². The largest absolute Gasteiger partial charge is 0.457 e. The fourth-order valence-electron chi connectivity index (χ4n) is 2.39. The number of fused-ring (bicyclic) bond motifs is 1. The van der Waals surface area contributed by atoms with Gasteiger partial charge >= 0.3 is 5.97 Å². The lowest BCUT2D eigenvalue weighted by molar-refractivity contribution is -0.150. The summed E-state index contributed by atoms with van der Waals surface area (Å²) in [6.07, 6.45) is 1.90. The molecule has 2 aliphatic rings. The Hall–Kier alpha value is -1.62. The van der Waals surface area contributed by atoms with E-state index in [2.05, 4.69) is 6.58 Å². The average molecular weight is 237 g/mol. The first-order chi connectivity index (χ1) is 8.11. The van der Waals surface area contributed by atoms with E-state index in [1.165, 1.54) is 11.0 Å². The van der Waals surface area contributed by atoms with Crippen LogP contribution in [-0.4, -0.2) is 41.1 Å². The summed E-state index contributed by atoms with van der Waals surface area (Å²) in [7, 11) is 0. The number of aliphatic hydroxyl groups is 1. The second kappa shape index (κ2) is 4.33. The van der Waals surface area contributed by atoms with Gasteiger partial charge in [-0.3, -0.25) is 4.79 Å². The summed E-state index contributed by atoms with van der Waals surface area (Å²) in [5, 5.41) is 9.31. The molecule has 2 heterocycles. The van der Waals surface area contributed by atoms with E-state index in [1.54, 1.807) is 0 Å². The third kappa shape index (κ3) is 1.67. The number of aliphatic hydroxyl groups excluding tert-OH is 1. The van der Waals surface area contributed by atoms with Crippen molar-refractivity contribution in [3.8, 4) is 0 Å². The highest BCUT2D eigenvalue weighted by Gasteiger charge is 2.51. The zero-order chi connectivity index (χ0) is 12.6. The van der Waals surface area contributed by atoms with Crippen LogP contribution in [0.5, 0.6) is 0 Å². The van der Waals surface area contributed by atoms with Gasteiger partial charge in [0.15, 0.2) is 0 Å². The smallest absolute Gasteiger partial charge is 0.355 e. The molecule has 1 amide bonds. The van der Waals surface area contributed by atoms with Crippen molar-refractivity contribution in [2.45, 2.75) is 19.4 Å². The molecule has 0 saturated carbocycles. The number of β-lactam (4-membered cyclic amide) rings is 1. The number of nitrogens with zero attached hydrogens (tertiary/aromatic N) is 1. The molecule has 2 aliphatic heterocycles. The first-order valence-corrected chi connectivity index (χ1v) is 5.55. The number of rotatable bonds is 4. The second-order valence-electron chi connectivity index (χ2n) is 4.24. The third-order valence-electron chi connectivity index (χ3n) is 3.35. The number of amides is 1. The molecule has 17 heavy (non-hydrogen) atoms. The summed E-state index contributed by atoms with van der Waals surface area (Å²) in [4.78, 5) is 24.8. The minimum atomic E-state index is -0.559. The fourth-order valence-corrected chi connectivity index (χ4v) is 2.39. The van der Waals surface area contributed by atoms with Gasteiger partial charge in [-0.05, 0) is 5.57 Å². The molecular formula is C12H15NO4. The number of hydrogen-bond donors (Lipinski definition) is 1. The quantitative estimate of drug-likeness (QED) is 0.431. The molecule has 2 rings (SSSR count). The van der Waals surface area contributed by atoms with Gasteiger partial charge in [-0.15, -0.1) is 0 Å². The standard InChI is InChI=1S/C12H15NO4/c1-3-4-17-12(16)11-8(6-14)7(2)9-5-10(15)13(9)11/h3,7,9,14H,1,4-6H2,2H3. The predicted molar refractivity (Wildman–Crippen MR) is 59.7 cm³/mol. The minimum absolute atomic E-state index is 0.0101. The lowest BCUT2D eigenvalue weighted by Gasteiger charge is -2.37. The van der Waals surface area contributed by atoms with E-state index in [0.717, 1.165) is 0 Å². The van der Waals surface area contributed by atoms with Crippen LogP contribution in [0.1, 0.15) is 13.3 Å². The maximum absolute atomic E-state index is 11.8. The van der Waals surface area contributed by atoms with Crippen LogP contribution in [0.4, 0.5) is 0 Å². The molecule has 92 valence electrons. The second-order valence-corrected chi connectivity index (χ2v) is 4.24. The van der Waals surface area contributed by atoms with Crippen molar-refractivity contribution in [2.75, 3.05) is 13.2 Å². The Morgan fingerprint density at radius 1 is 1.71 bits per heavy atom. The monoisotopic (exact) mass is 237 g/mol. The SMILES string of the molecule is C=CCOC(=O)C1=C(CO)C(C)C2CC(=O)N12. The van der Waals surface area contributed by atoms with Gasteiger partial charge in [0.2, 0.25) is 5.91 Å². The molecule has 0 radical (unpaired) electrons. The van der Waals surface area contributed by atoms with E-state index >= 15 is 0 Å². The highest BCUT2D eigenvalue weighted by Crippen LogP contribution is 2.42. The predicted octanol–water partition coefficient (Wildman–Crippen LogP) is 0.213. The van der Waals surface area contributed by atoms with Gasteiger partial charge in [0.25, 0.3) is 0 Å². The molecule has 1 fully saturated rings. The first kappa shape index (κ1) is 11.9. The highest BCUT2D eigenvalue weighted by molar-refractivity contribution is 5.99. The van der Waals surface area contributed by atoms with E-state index in [9.17, 15) is 14.7 Å². The minimum Gasteiger partial charge on any atom is -0.457 e. The first-order valence-electron chi connectivity index (χ1n) is 5.55. The number of carbonyl (C=O) groups is 2. The summed E-state index contributed by atoms with van der Waals surface area (Å²) in [6, 6.07) is 0.0101. The molecule has 0 aromatic carbocycles. The van der Waals surface area contributed by atoms with Crippen LogP contribution in [0.25, 0.3) is 0 Å². The average Bonchev–Trinajstić information content (AvgIpc) is 2.54. The van der Waals surface area contributed by atoms with Crippen molar-refractivity contribution in [3.05, 3.63) is 23.9 Å². The summed E-state index contributed by atoms with van der Waals surface area (Å²) in [6.45, 7) is 5.24. The van der Waals surface area contributed by atoms with Gasteiger partial charge in [0.05, 0.1) is 12.6 Å². The molecule has 0 aromatic heterocycles. The van der Waals surface area contributed by atoms with E-state index in [0.29, 0.717) is 12.0 Å². The number of hydrogen-bond acceptors (Lipinski definition) is 4. The van der Waals surface area contributed by atoms with Crippen molar-refractivity contribution < 1.29 is 19.4 Å². The Bertz CT molecular complexity index is 413. The van der Waals surface area contributed by atoms with Crippen molar-refractivity contribution in [3.63, 3.8) is 0 Å². The molecule has 0 spiro atoms. The van der Waals surface area contributed by atoms with Gasteiger partial charge in [0, 0.05) is 12.3 Å². The summed E-state index contributed by atoms with van der Waals surface area (Å²) in [5.74, 6) is -0.629. The van der Waals surface area contributed by atoms with Crippen molar-refractivity contribution in [2.24, 2.45) is 5.92 Å². The molecular weight excluding hydrogens is 222 g/mol. The van der Waals surface area contributed by atoms with Crippen molar-refractivity contribution >= 4 is 11.9 Å². The van der Waals surface area contributed by atoms with Crippen molar-refractivity contribution in [1.82, 2.24) is 4.90 Å². The lowest BCUT2D eigenvalue weighted by atomic mass is 9.90. The van der Waals surface area contributed by atoms with Crippen molar-refractivity contribution in [1.29, 1.82) is 0 Å². The van der Waals surface area contributed by atoms with E-state index in [4.69, 9.17) is 4.74 Å². The molecule has 0 aromatic rings. The van der Waals surface area contributed by atoms with Crippen LogP contribution in [0, 0.1) is 5.92 Å². The third-order valence-corrected chi connectivity index (χ3v) is 3.35. The Morgan fingerprint density at radius 2 is 2.41 bits per heavy atom. The maximum atomic E-state index is 11.8. The van der Waals surface area contributed by atoms with Gasteiger partial charge in [-0.1, -0.05) is 19.6 Å². The van der Waals surface area contributed by atoms with E-state index in [1.807, 2.05) is 6.92 Å². The van der Waals surface area contributed by atoms with Gasteiger partial charge in [-0.25, -0.2) is 4.79 Å². The molecule has 1 saturated heterocycles. The molecule has 0 bridgehead atoms. The van der Waals surface area contributed by atoms with Crippen LogP contribution in [0.15, 0.2) is 23.9 Å². The molecule has 5 heteroatoms. The number of carbonyl (C=O) groups excluding carboxylic acids is 2. The molecule has 0 aliphatic carbocycles. The maximum Gasteiger partial charge on any atom is 0.355 e. The van der Waals surface area contributed by atoms with Crippen LogP contribution >= 0.6 is 0 Å². The Morgan fingerprint density at radius 3 is 2.94 bits per heavy atom. The van der Waals surface area contributed by atoms with Crippen LogP contribution in [0.3, 0.4) is 0 Å². The summed E-state index contributed by atoms with van der Waals surface area (Å²) in [5.41, 5.74) is 0.818. The number of ether oxygens (including phenoxy) is 1. The fraction of sp³-hybridized carbons (Fsp3) is 0.500. The summed E-state index contributed by atoms with van der Waals surface area (Å²) >= 11 is 0. The van der Waals surface area contributed by atoms with Gasteiger partial charge in [0.1, 0.15) is 12.3 Å².